The summed E-state index contributed by atoms with van der Waals surface area (Å²) in [5.74, 6) is 0.289. The van der Waals surface area contributed by atoms with E-state index in [1.807, 2.05) is 30.3 Å². The second-order valence-electron chi connectivity index (χ2n) is 5.26. The Morgan fingerprint density at radius 3 is 2.32 bits per heavy atom. The summed E-state index contributed by atoms with van der Waals surface area (Å²) >= 11 is 0. The van der Waals surface area contributed by atoms with E-state index in [0.29, 0.717) is 28.2 Å². The molecule has 0 spiro atoms. The number of anilines is 1. The molecule has 0 amide bonds. The van der Waals surface area contributed by atoms with Gasteiger partial charge in [0.1, 0.15) is 17.7 Å². The molecule has 4 aromatic heterocycles. The highest BCUT2D eigenvalue weighted by atomic mass is 32.3. The molecule has 4 N–H and O–H groups in total. The molecule has 0 aromatic carbocycles. The fraction of sp³-hybridized carbons (Fsp3) is 0. The summed E-state index contributed by atoms with van der Waals surface area (Å²) in [4.78, 5) is 25.9. The van der Waals surface area contributed by atoms with Crippen molar-refractivity contribution in [3.8, 4) is 22.6 Å². The Balaban J connectivity index is 0.000000403. The van der Waals surface area contributed by atoms with Crippen molar-refractivity contribution in [1.29, 1.82) is 0 Å². The number of nitrogen functional groups attached to an aromatic ring is 1. The van der Waals surface area contributed by atoms with Gasteiger partial charge in [-0.1, -0.05) is 6.07 Å². The van der Waals surface area contributed by atoms with Crippen LogP contribution in [0.25, 0.3) is 33.8 Å². The summed E-state index contributed by atoms with van der Waals surface area (Å²) in [6.45, 7) is 0. The number of fused-ring (bicyclic) bond motifs is 1. The largest absolute Gasteiger partial charge is 0.394 e. The van der Waals surface area contributed by atoms with Crippen LogP contribution in [0.5, 0.6) is 0 Å². The van der Waals surface area contributed by atoms with E-state index >= 15 is 0 Å². The van der Waals surface area contributed by atoms with Crippen molar-refractivity contribution in [2.75, 3.05) is 5.73 Å². The van der Waals surface area contributed by atoms with Gasteiger partial charge in [0.2, 0.25) is 0 Å². The molecular formula is C16H13N7O4S. The molecule has 4 heterocycles. The van der Waals surface area contributed by atoms with Crippen LogP contribution in [0, 0.1) is 0 Å². The first-order chi connectivity index (χ1) is 13.3. The van der Waals surface area contributed by atoms with Gasteiger partial charge in [-0.15, -0.1) is 0 Å². The summed E-state index contributed by atoms with van der Waals surface area (Å²) in [5.41, 5.74) is 9.61. The molecular weight excluding hydrogens is 386 g/mol. The average Bonchev–Trinajstić information content (AvgIpc) is 2.67. The summed E-state index contributed by atoms with van der Waals surface area (Å²) in [6.07, 6.45) is 6.52. The Kier molecular flexibility index (Phi) is 5.44. The number of hydrogen-bond acceptors (Lipinski definition) is 9. The van der Waals surface area contributed by atoms with Gasteiger partial charge in [-0.3, -0.25) is 19.1 Å². The van der Waals surface area contributed by atoms with Gasteiger partial charge in [0.15, 0.2) is 17.0 Å². The van der Waals surface area contributed by atoms with Crippen molar-refractivity contribution in [2.45, 2.75) is 0 Å². The number of rotatable bonds is 2. The van der Waals surface area contributed by atoms with Crippen molar-refractivity contribution in [3.05, 3.63) is 55.2 Å². The summed E-state index contributed by atoms with van der Waals surface area (Å²) < 4.78 is 31.6. The van der Waals surface area contributed by atoms with Crippen LogP contribution in [0.2, 0.25) is 0 Å². The summed E-state index contributed by atoms with van der Waals surface area (Å²) in [7, 11) is -4.67. The highest BCUT2D eigenvalue weighted by Crippen LogP contribution is 2.29. The monoisotopic (exact) mass is 399 g/mol. The molecule has 0 aliphatic carbocycles. The molecule has 4 aromatic rings. The predicted octanol–water partition coefficient (Wildman–Crippen LogP) is 1.47. The molecule has 0 fully saturated rings. The molecule has 12 heteroatoms. The fourth-order valence-corrected chi connectivity index (χ4v) is 2.28. The predicted molar refractivity (Wildman–Crippen MR) is 100 cm³/mol. The lowest BCUT2D eigenvalue weighted by molar-refractivity contribution is 0.381. The lowest BCUT2D eigenvalue weighted by Gasteiger charge is -2.09. The van der Waals surface area contributed by atoms with Gasteiger partial charge in [0, 0.05) is 24.2 Å². The number of nitrogens with zero attached hydrogens (tertiary/aromatic N) is 6. The minimum Gasteiger partial charge on any atom is -0.382 e. The Morgan fingerprint density at radius 1 is 0.893 bits per heavy atom. The van der Waals surface area contributed by atoms with Gasteiger partial charge in [0.05, 0.1) is 5.69 Å². The topological polar surface area (TPSA) is 178 Å². The second-order valence-corrected chi connectivity index (χ2v) is 6.15. The third kappa shape index (κ3) is 4.76. The Morgan fingerprint density at radius 2 is 1.68 bits per heavy atom. The number of nitrogens with two attached hydrogens (primary N) is 1. The van der Waals surface area contributed by atoms with E-state index in [9.17, 15) is 0 Å². The van der Waals surface area contributed by atoms with E-state index in [2.05, 4.69) is 29.9 Å². The number of aromatic nitrogens is 6. The number of hydrogen-bond donors (Lipinski definition) is 3. The molecule has 0 unspecified atom stereocenters. The summed E-state index contributed by atoms with van der Waals surface area (Å²) in [5, 5.41) is 0. The minimum atomic E-state index is -4.67. The molecule has 11 nitrogen and oxygen atoms in total. The maximum absolute atomic E-state index is 8.74. The first kappa shape index (κ1) is 19.2. The molecule has 0 saturated heterocycles. The van der Waals surface area contributed by atoms with Crippen LogP contribution in [0.3, 0.4) is 0 Å². The zero-order chi connectivity index (χ0) is 20.1. The minimum absolute atomic E-state index is 0.289. The molecule has 0 bridgehead atoms. The molecule has 0 aliphatic rings. The van der Waals surface area contributed by atoms with E-state index in [1.165, 1.54) is 6.33 Å². The maximum atomic E-state index is 8.74. The third-order valence-electron chi connectivity index (χ3n) is 3.34. The van der Waals surface area contributed by atoms with Gasteiger partial charge in [-0.2, -0.15) is 8.42 Å². The Labute approximate surface area is 159 Å². The van der Waals surface area contributed by atoms with Gasteiger partial charge < -0.3 is 5.73 Å². The lowest BCUT2D eigenvalue weighted by atomic mass is 10.1. The van der Waals surface area contributed by atoms with E-state index in [0.717, 1.165) is 5.56 Å². The SMILES string of the molecule is Nc1ncnc2nc(-c3cccnc3)c(-c3ccccn3)nc12.O=S(=O)(O)O. The quantitative estimate of drug-likeness (QED) is 0.416. The van der Waals surface area contributed by atoms with Gasteiger partial charge in [0.25, 0.3) is 0 Å². The van der Waals surface area contributed by atoms with Crippen molar-refractivity contribution in [2.24, 2.45) is 0 Å². The van der Waals surface area contributed by atoms with Crippen LogP contribution in [-0.4, -0.2) is 47.4 Å². The normalized spacial score (nSPS) is 10.9. The van der Waals surface area contributed by atoms with Crippen molar-refractivity contribution in [3.63, 3.8) is 0 Å². The van der Waals surface area contributed by atoms with Crippen molar-refractivity contribution < 1.29 is 17.5 Å². The van der Waals surface area contributed by atoms with Crippen LogP contribution in [0.4, 0.5) is 5.82 Å². The second kappa shape index (κ2) is 7.96. The molecule has 142 valence electrons. The van der Waals surface area contributed by atoms with Crippen LogP contribution in [0.15, 0.2) is 55.2 Å². The third-order valence-corrected chi connectivity index (χ3v) is 3.34. The lowest BCUT2D eigenvalue weighted by Crippen LogP contribution is -2.02. The summed E-state index contributed by atoms with van der Waals surface area (Å²) in [6, 6.07) is 9.37. The van der Waals surface area contributed by atoms with Crippen LogP contribution in [0.1, 0.15) is 0 Å². The van der Waals surface area contributed by atoms with E-state index < -0.39 is 10.4 Å². The van der Waals surface area contributed by atoms with E-state index in [1.54, 1.807) is 18.6 Å². The molecule has 0 saturated carbocycles. The van der Waals surface area contributed by atoms with Crippen molar-refractivity contribution >= 4 is 27.4 Å². The standard InChI is InChI=1S/C16H11N7.H2O4S/c17-15-14-16(21-9-20-15)23-12(10-4-3-6-18-8-10)13(22-14)11-5-1-2-7-19-11;1-5(2,3)4/h1-9H,(H2,17,20,21,23);(H2,1,2,3,4). The highest BCUT2D eigenvalue weighted by Gasteiger charge is 2.16. The van der Waals surface area contributed by atoms with Crippen molar-refractivity contribution in [1.82, 2.24) is 29.9 Å². The van der Waals surface area contributed by atoms with Gasteiger partial charge in [-0.25, -0.2) is 19.9 Å². The number of pyridine rings is 2. The van der Waals surface area contributed by atoms with Crippen LogP contribution >= 0.6 is 0 Å². The molecule has 0 radical (unpaired) electrons. The van der Waals surface area contributed by atoms with Gasteiger partial charge in [-0.05, 0) is 24.3 Å². The molecule has 28 heavy (non-hydrogen) atoms. The molecule has 0 atom stereocenters. The fourth-order valence-electron chi connectivity index (χ4n) is 2.28. The van der Waals surface area contributed by atoms with Gasteiger partial charge >= 0.3 is 10.4 Å². The zero-order valence-corrected chi connectivity index (χ0v) is 14.9. The van der Waals surface area contributed by atoms with Crippen LogP contribution in [-0.2, 0) is 10.4 Å². The maximum Gasteiger partial charge on any atom is 0.394 e. The highest BCUT2D eigenvalue weighted by molar-refractivity contribution is 7.79. The molecule has 0 aliphatic heterocycles. The Hall–Kier alpha value is -3.61. The van der Waals surface area contributed by atoms with Crippen LogP contribution < -0.4 is 5.73 Å². The first-order valence-electron chi connectivity index (χ1n) is 7.63. The Bertz CT molecular complexity index is 1200. The smallest absolute Gasteiger partial charge is 0.382 e. The molecule has 4 rings (SSSR count). The average molecular weight is 399 g/mol. The zero-order valence-electron chi connectivity index (χ0n) is 14.1. The van der Waals surface area contributed by atoms with E-state index in [4.69, 9.17) is 23.3 Å². The first-order valence-corrected chi connectivity index (χ1v) is 9.02. The van der Waals surface area contributed by atoms with E-state index in [-0.39, 0.29) is 5.82 Å².